The first-order chi connectivity index (χ1) is 14.3. The van der Waals surface area contributed by atoms with Crippen LogP contribution in [0.3, 0.4) is 0 Å². The SMILES string of the molecule is NS(=O)(=O)c1ccc(N[C@H](CSc2ccccc2)Cc2cccnc2)cc1[N+](=O)[O-]. The molecule has 3 rings (SSSR count). The second kappa shape index (κ2) is 9.70. The summed E-state index contributed by atoms with van der Waals surface area (Å²) in [7, 11) is -4.20. The maximum Gasteiger partial charge on any atom is 0.291 e. The topological polar surface area (TPSA) is 128 Å². The summed E-state index contributed by atoms with van der Waals surface area (Å²) >= 11 is 1.65. The third-order valence-electron chi connectivity index (χ3n) is 4.23. The molecule has 156 valence electrons. The molecule has 1 aromatic heterocycles. The zero-order valence-electron chi connectivity index (χ0n) is 15.8. The summed E-state index contributed by atoms with van der Waals surface area (Å²) in [6.07, 6.45) is 4.10. The van der Waals surface area contributed by atoms with Crippen molar-refractivity contribution in [3.63, 3.8) is 0 Å². The van der Waals surface area contributed by atoms with Crippen molar-refractivity contribution in [3.05, 3.63) is 88.7 Å². The van der Waals surface area contributed by atoms with E-state index in [2.05, 4.69) is 10.3 Å². The van der Waals surface area contributed by atoms with E-state index in [1.54, 1.807) is 24.2 Å². The molecule has 0 aliphatic heterocycles. The first kappa shape index (κ1) is 21.8. The molecular weight excluding hydrogens is 424 g/mol. The van der Waals surface area contributed by atoms with Crippen LogP contribution in [0, 0.1) is 10.1 Å². The lowest BCUT2D eigenvalue weighted by Gasteiger charge is -2.20. The van der Waals surface area contributed by atoms with Crippen LogP contribution in [0.2, 0.25) is 0 Å². The Morgan fingerprint density at radius 2 is 1.90 bits per heavy atom. The number of thioether (sulfide) groups is 1. The van der Waals surface area contributed by atoms with E-state index >= 15 is 0 Å². The molecule has 1 heterocycles. The van der Waals surface area contributed by atoms with Crippen LogP contribution in [-0.4, -0.2) is 30.1 Å². The molecule has 2 aromatic carbocycles. The van der Waals surface area contributed by atoms with Crippen molar-refractivity contribution in [1.82, 2.24) is 4.98 Å². The fraction of sp³-hybridized carbons (Fsp3) is 0.150. The maximum atomic E-state index is 11.6. The van der Waals surface area contributed by atoms with Gasteiger partial charge in [-0.3, -0.25) is 15.1 Å². The normalized spacial score (nSPS) is 12.3. The highest BCUT2D eigenvalue weighted by Gasteiger charge is 2.23. The number of benzene rings is 2. The number of hydrogen-bond acceptors (Lipinski definition) is 7. The number of primary sulfonamides is 1. The summed E-state index contributed by atoms with van der Waals surface area (Å²) in [5, 5.41) is 19.7. The molecule has 8 nitrogen and oxygen atoms in total. The monoisotopic (exact) mass is 444 g/mol. The first-order valence-corrected chi connectivity index (χ1v) is 11.5. The number of aromatic nitrogens is 1. The lowest BCUT2D eigenvalue weighted by molar-refractivity contribution is -0.387. The van der Waals surface area contributed by atoms with Gasteiger partial charge in [-0.25, -0.2) is 13.6 Å². The number of pyridine rings is 1. The Morgan fingerprint density at radius 1 is 1.13 bits per heavy atom. The Bertz CT molecular complexity index is 1110. The van der Waals surface area contributed by atoms with E-state index in [0.29, 0.717) is 17.9 Å². The van der Waals surface area contributed by atoms with Gasteiger partial charge < -0.3 is 5.32 Å². The van der Waals surface area contributed by atoms with Crippen molar-refractivity contribution >= 4 is 33.2 Å². The van der Waals surface area contributed by atoms with Gasteiger partial charge in [0.15, 0.2) is 4.90 Å². The van der Waals surface area contributed by atoms with Gasteiger partial charge in [-0.2, -0.15) is 0 Å². The molecule has 0 bridgehead atoms. The molecule has 0 radical (unpaired) electrons. The minimum atomic E-state index is -4.20. The minimum Gasteiger partial charge on any atom is -0.381 e. The molecule has 0 spiro atoms. The Labute approximate surface area is 178 Å². The van der Waals surface area contributed by atoms with Crippen LogP contribution >= 0.6 is 11.8 Å². The molecule has 0 amide bonds. The van der Waals surface area contributed by atoms with Gasteiger partial charge >= 0.3 is 0 Å². The van der Waals surface area contributed by atoms with Crippen molar-refractivity contribution in [2.45, 2.75) is 22.3 Å². The number of nitrogens with one attached hydrogen (secondary N) is 1. The molecule has 0 saturated carbocycles. The number of nitro groups is 1. The second-order valence-electron chi connectivity index (χ2n) is 6.52. The summed E-state index contributed by atoms with van der Waals surface area (Å²) in [5.74, 6) is 0.684. The van der Waals surface area contributed by atoms with Crippen LogP contribution in [0.1, 0.15) is 5.56 Å². The van der Waals surface area contributed by atoms with Crippen LogP contribution in [0.5, 0.6) is 0 Å². The molecule has 3 N–H and O–H groups in total. The predicted octanol–water partition coefficient (Wildman–Crippen LogP) is 3.45. The van der Waals surface area contributed by atoms with E-state index in [9.17, 15) is 18.5 Å². The van der Waals surface area contributed by atoms with Crippen LogP contribution in [0.4, 0.5) is 11.4 Å². The minimum absolute atomic E-state index is 0.0839. The summed E-state index contributed by atoms with van der Waals surface area (Å²) in [6, 6.07) is 17.4. The molecule has 3 aromatic rings. The highest BCUT2D eigenvalue weighted by atomic mass is 32.2. The zero-order chi connectivity index (χ0) is 21.6. The van der Waals surface area contributed by atoms with Gasteiger partial charge in [0.2, 0.25) is 10.0 Å². The lowest BCUT2D eigenvalue weighted by atomic mass is 10.1. The highest BCUT2D eigenvalue weighted by molar-refractivity contribution is 7.99. The van der Waals surface area contributed by atoms with E-state index in [-0.39, 0.29) is 6.04 Å². The van der Waals surface area contributed by atoms with Crippen molar-refractivity contribution in [2.75, 3.05) is 11.1 Å². The van der Waals surface area contributed by atoms with E-state index < -0.39 is 25.5 Å². The molecule has 0 fully saturated rings. The Balaban J connectivity index is 1.84. The Hall–Kier alpha value is -2.95. The molecule has 0 saturated heterocycles. The van der Waals surface area contributed by atoms with E-state index in [0.717, 1.165) is 16.5 Å². The van der Waals surface area contributed by atoms with Crippen molar-refractivity contribution in [1.29, 1.82) is 0 Å². The third kappa shape index (κ3) is 6.02. The van der Waals surface area contributed by atoms with E-state index in [1.165, 1.54) is 12.1 Å². The summed E-state index contributed by atoms with van der Waals surface area (Å²) in [5.41, 5.74) is 0.898. The van der Waals surface area contributed by atoms with Crippen molar-refractivity contribution in [3.8, 4) is 0 Å². The smallest absolute Gasteiger partial charge is 0.291 e. The fourth-order valence-corrected chi connectivity index (χ4v) is 4.52. The summed E-state index contributed by atoms with van der Waals surface area (Å²) < 4.78 is 23.3. The molecule has 30 heavy (non-hydrogen) atoms. The van der Waals surface area contributed by atoms with Crippen LogP contribution in [0.15, 0.2) is 82.8 Å². The second-order valence-corrected chi connectivity index (χ2v) is 9.14. The standard InChI is InChI=1S/C20H20N4O4S2/c21-30(27,28)20-9-8-16(12-19(20)24(25)26)23-17(11-15-5-4-10-22-13-15)14-29-18-6-2-1-3-7-18/h1-10,12-13,17,23H,11,14H2,(H2,21,27,28)/t17-/m0/s1. The summed E-state index contributed by atoms with van der Waals surface area (Å²) in [4.78, 5) is 15.3. The number of sulfonamides is 1. The fourth-order valence-electron chi connectivity index (χ4n) is 2.89. The molecule has 1 atom stereocenters. The van der Waals surface area contributed by atoms with Crippen LogP contribution in [-0.2, 0) is 16.4 Å². The molecule has 0 aliphatic rings. The molecule has 0 unspecified atom stereocenters. The van der Waals surface area contributed by atoms with E-state index in [1.807, 2.05) is 42.5 Å². The number of hydrogen-bond donors (Lipinski definition) is 2. The zero-order valence-corrected chi connectivity index (χ0v) is 17.5. The van der Waals surface area contributed by atoms with Crippen molar-refractivity contribution in [2.24, 2.45) is 5.14 Å². The van der Waals surface area contributed by atoms with Gasteiger partial charge in [-0.05, 0) is 42.3 Å². The Morgan fingerprint density at radius 3 is 2.53 bits per heavy atom. The highest BCUT2D eigenvalue weighted by Crippen LogP contribution is 2.28. The first-order valence-electron chi connectivity index (χ1n) is 8.97. The van der Waals surface area contributed by atoms with E-state index in [4.69, 9.17) is 5.14 Å². The van der Waals surface area contributed by atoms with Gasteiger partial charge in [0.05, 0.1) is 4.92 Å². The van der Waals surface area contributed by atoms with Gasteiger partial charge in [-0.1, -0.05) is 24.3 Å². The average molecular weight is 445 g/mol. The molecular formula is C20H20N4O4S2. The Kier molecular flexibility index (Phi) is 7.03. The van der Waals surface area contributed by atoms with Gasteiger partial charge in [0.1, 0.15) is 0 Å². The molecule has 10 heteroatoms. The predicted molar refractivity (Wildman–Crippen MR) is 117 cm³/mol. The largest absolute Gasteiger partial charge is 0.381 e. The molecule has 0 aliphatic carbocycles. The van der Waals surface area contributed by atoms with Crippen molar-refractivity contribution < 1.29 is 13.3 Å². The lowest BCUT2D eigenvalue weighted by Crippen LogP contribution is -2.25. The quantitative estimate of drug-likeness (QED) is 0.294. The van der Waals surface area contributed by atoms with Crippen LogP contribution < -0.4 is 10.5 Å². The number of nitrogens with zero attached hydrogens (tertiary/aromatic N) is 2. The van der Waals surface area contributed by atoms with Gasteiger partial charge in [-0.15, -0.1) is 11.8 Å². The number of nitro benzene ring substituents is 1. The third-order valence-corrected chi connectivity index (χ3v) is 6.37. The van der Waals surface area contributed by atoms with Gasteiger partial charge in [0, 0.05) is 40.8 Å². The van der Waals surface area contributed by atoms with Gasteiger partial charge in [0.25, 0.3) is 5.69 Å². The number of anilines is 1. The maximum absolute atomic E-state index is 11.6. The average Bonchev–Trinajstić information content (AvgIpc) is 2.72. The number of rotatable bonds is 9. The number of nitrogens with two attached hydrogens (primary N) is 1. The van der Waals surface area contributed by atoms with Crippen LogP contribution in [0.25, 0.3) is 0 Å². The summed E-state index contributed by atoms with van der Waals surface area (Å²) in [6.45, 7) is 0.